The number of fused-ring (bicyclic) bond motifs is 2. The number of allylic oxidation sites excluding steroid dienone is 1. The maximum absolute atomic E-state index is 2.43. The van der Waals surface area contributed by atoms with Crippen LogP contribution in [0.5, 0.6) is 0 Å². The predicted octanol–water partition coefficient (Wildman–Crippen LogP) is 6.18. The first-order valence-corrected chi connectivity index (χ1v) is 9.19. The minimum Gasteiger partial charge on any atom is -0.0764 e. The van der Waals surface area contributed by atoms with Crippen molar-refractivity contribution in [1.82, 2.24) is 0 Å². The molecule has 3 aliphatic rings. The molecule has 21 heavy (non-hydrogen) atoms. The monoisotopic (exact) mass is 280 g/mol. The van der Waals surface area contributed by atoms with E-state index >= 15 is 0 Å². The third kappa shape index (κ3) is 2.70. The first-order valence-electron chi connectivity index (χ1n) is 9.19. The standard InChI is InChI=1S/C21H28/c1-3-10-20-16(6-1)12-14-18(20)8-5-9-19-15-13-17-7-2-4-11-21(17)19/h1,3,6,10,12,14,17-19,21H,2,4-5,7-9,11,13,15H2. The van der Waals surface area contributed by atoms with Crippen LogP contribution in [0.4, 0.5) is 0 Å². The lowest BCUT2D eigenvalue weighted by Crippen LogP contribution is -2.19. The van der Waals surface area contributed by atoms with Gasteiger partial charge in [-0.05, 0) is 54.6 Å². The van der Waals surface area contributed by atoms with E-state index in [1.54, 1.807) is 24.8 Å². The molecule has 112 valence electrons. The summed E-state index contributed by atoms with van der Waals surface area (Å²) in [4.78, 5) is 0. The van der Waals surface area contributed by atoms with Crippen molar-refractivity contribution in [1.29, 1.82) is 0 Å². The molecular formula is C21H28. The molecule has 4 rings (SSSR count). The lowest BCUT2D eigenvalue weighted by Gasteiger charge is -2.29. The summed E-state index contributed by atoms with van der Waals surface area (Å²) < 4.78 is 0. The Kier molecular flexibility index (Phi) is 3.88. The average Bonchev–Trinajstić information content (AvgIpc) is 3.13. The molecule has 3 aliphatic carbocycles. The van der Waals surface area contributed by atoms with Gasteiger partial charge in [0.05, 0.1) is 0 Å². The highest BCUT2D eigenvalue weighted by molar-refractivity contribution is 5.62. The Balaban J connectivity index is 1.30. The highest BCUT2D eigenvalue weighted by Gasteiger charge is 2.36. The summed E-state index contributed by atoms with van der Waals surface area (Å²) in [6, 6.07) is 8.94. The first kappa shape index (κ1) is 13.6. The second kappa shape index (κ2) is 5.99. The van der Waals surface area contributed by atoms with Gasteiger partial charge in [0.1, 0.15) is 0 Å². The van der Waals surface area contributed by atoms with Crippen molar-refractivity contribution in [3.8, 4) is 0 Å². The maximum atomic E-state index is 2.43. The zero-order chi connectivity index (χ0) is 14.1. The van der Waals surface area contributed by atoms with Crippen LogP contribution in [0.2, 0.25) is 0 Å². The van der Waals surface area contributed by atoms with Gasteiger partial charge in [0, 0.05) is 5.92 Å². The SMILES string of the molecule is C1=CC(CCCC2CCC3CCCCC32)c2ccccc21. The summed E-state index contributed by atoms with van der Waals surface area (Å²) in [7, 11) is 0. The number of rotatable bonds is 4. The predicted molar refractivity (Wildman–Crippen MR) is 90.2 cm³/mol. The Morgan fingerprint density at radius 2 is 1.81 bits per heavy atom. The second-order valence-electron chi connectivity index (χ2n) is 7.57. The first-order chi connectivity index (χ1) is 10.4. The van der Waals surface area contributed by atoms with E-state index in [9.17, 15) is 0 Å². The van der Waals surface area contributed by atoms with Gasteiger partial charge in [0.15, 0.2) is 0 Å². The molecule has 0 aromatic heterocycles. The minimum absolute atomic E-state index is 0.699. The molecule has 0 radical (unpaired) electrons. The van der Waals surface area contributed by atoms with Gasteiger partial charge in [0.2, 0.25) is 0 Å². The van der Waals surface area contributed by atoms with Crippen LogP contribution in [-0.2, 0) is 0 Å². The maximum Gasteiger partial charge on any atom is 0.00272 e. The van der Waals surface area contributed by atoms with Crippen molar-refractivity contribution in [2.45, 2.75) is 63.7 Å². The van der Waals surface area contributed by atoms with Crippen LogP contribution in [0, 0.1) is 17.8 Å². The number of hydrogen-bond acceptors (Lipinski definition) is 0. The third-order valence-electron chi connectivity index (χ3n) is 6.48. The molecule has 0 spiro atoms. The highest BCUT2D eigenvalue weighted by atomic mass is 14.4. The third-order valence-corrected chi connectivity index (χ3v) is 6.48. The van der Waals surface area contributed by atoms with Crippen molar-refractivity contribution in [3.63, 3.8) is 0 Å². The van der Waals surface area contributed by atoms with Gasteiger partial charge in [-0.25, -0.2) is 0 Å². The molecule has 0 N–H and O–H groups in total. The van der Waals surface area contributed by atoms with Crippen molar-refractivity contribution in [3.05, 3.63) is 41.5 Å². The van der Waals surface area contributed by atoms with Gasteiger partial charge in [-0.2, -0.15) is 0 Å². The Morgan fingerprint density at radius 1 is 0.905 bits per heavy atom. The van der Waals surface area contributed by atoms with Crippen LogP contribution >= 0.6 is 0 Å². The molecule has 0 heterocycles. The summed E-state index contributed by atoms with van der Waals surface area (Å²) >= 11 is 0. The van der Waals surface area contributed by atoms with E-state index in [1.807, 2.05) is 0 Å². The van der Waals surface area contributed by atoms with E-state index in [-0.39, 0.29) is 0 Å². The van der Waals surface area contributed by atoms with Crippen LogP contribution in [0.3, 0.4) is 0 Å². The molecule has 2 fully saturated rings. The molecule has 4 atom stereocenters. The molecule has 0 nitrogen and oxygen atoms in total. The number of benzene rings is 1. The van der Waals surface area contributed by atoms with Gasteiger partial charge < -0.3 is 0 Å². The zero-order valence-corrected chi connectivity index (χ0v) is 13.1. The van der Waals surface area contributed by atoms with E-state index < -0.39 is 0 Å². The number of hydrogen-bond donors (Lipinski definition) is 0. The van der Waals surface area contributed by atoms with E-state index in [1.165, 1.54) is 44.1 Å². The molecule has 0 saturated heterocycles. The highest BCUT2D eigenvalue weighted by Crippen LogP contribution is 2.48. The Hall–Kier alpha value is -1.04. The van der Waals surface area contributed by atoms with Crippen LogP contribution < -0.4 is 0 Å². The van der Waals surface area contributed by atoms with Crippen LogP contribution in [0.25, 0.3) is 6.08 Å². The lowest BCUT2D eigenvalue weighted by molar-refractivity contribution is 0.218. The molecule has 0 bridgehead atoms. The molecule has 1 aromatic carbocycles. The van der Waals surface area contributed by atoms with Gasteiger partial charge >= 0.3 is 0 Å². The fourth-order valence-corrected chi connectivity index (χ4v) is 5.39. The molecular weight excluding hydrogens is 252 g/mol. The Labute approximate surface area is 129 Å². The second-order valence-corrected chi connectivity index (χ2v) is 7.57. The fraction of sp³-hybridized carbons (Fsp3) is 0.619. The van der Waals surface area contributed by atoms with Gasteiger partial charge in [0.25, 0.3) is 0 Å². The fourth-order valence-electron chi connectivity index (χ4n) is 5.39. The van der Waals surface area contributed by atoms with Gasteiger partial charge in [-0.3, -0.25) is 0 Å². The molecule has 0 amide bonds. The topological polar surface area (TPSA) is 0 Å². The molecule has 4 unspecified atom stereocenters. The molecule has 0 heteroatoms. The average molecular weight is 280 g/mol. The van der Waals surface area contributed by atoms with Crippen molar-refractivity contribution >= 4 is 6.08 Å². The van der Waals surface area contributed by atoms with Gasteiger partial charge in [-0.15, -0.1) is 0 Å². The lowest BCUT2D eigenvalue weighted by atomic mass is 9.76. The van der Waals surface area contributed by atoms with E-state index in [0.29, 0.717) is 5.92 Å². The van der Waals surface area contributed by atoms with Crippen LogP contribution in [-0.4, -0.2) is 0 Å². The minimum atomic E-state index is 0.699. The van der Waals surface area contributed by atoms with Crippen molar-refractivity contribution in [2.75, 3.05) is 0 Å². The van der Waals surface area contributed by atoms with Crippen LogP contribution in [0.1, 0.15) is 74.8 Å². The van der Waals surface area contributed by atoms with Crippen LogP contribution in [0.15, 0.2) is 30.3 Å². The van der Waals surface area contributed by atoms with Crippen molar-refractivity contribution in [2.24, 2.45) is 17.8 Å². The Bertz CT molecular complexity index is 513. The smallest absolute Gasteiger partial charge is 0.00272 e. The Morgan fingerprint density at radius 3 is 2.81 bits per heavy atom. The summed E-state index contributed by atoms with van der Waals surface area (Å²) in [5.74, 6) is 3.97. The van der Waals surface area contributed by atoms with Gasteiger partial charge in [-0.1, -0.05) is 68.5 Å². The van der Waals surface area contributed by atoms with E-state index in [0.717, 1.165) is 17.8 Å². The zero-order valence-electron chi connectivity index (χ0n) is 13.1. The summed E-state index contributed by atoms with van der Waals surface area (Å²) in [5, 5.41) is 0. The molecule has 2 saturated carbocycles. The molecule has 0 aliphatic heterocycles. The van der Waals surface area contributed by atoms with E-state index in [4.69, 9.17) is 0 Å². The summed E-state index contributed by atoms with van der Waals surface area (Å²) in [6.07, 6.45) is 18.2. The largest absolute Gasteiger partial charge is 0.0764 e. The summed E-state index contributed by atoms with van der Waals surface area (Å²) in [6.45, 7) is 0. The van der Waals surface area contributed by atoms with E-state index in [2.05, 4.69) is 36.4 Å². The summed E-state index contributed by atoms with van der Waals surface area (Å²) in [5.41, 5.74) is 3.02. The quantitative estimate of drug-likeness (QED) is 0.617. The van der Waals surface area contributed by atoms with Crippen molar-refractivity contribution < 1.29 is 0 Å². The molecule has 1 aromatic rings. The normalized spacial score (nSPS) is 33.9.